The lowest BCUT2D eigenvalue weighted by Gasteiger charge is -2.05. The number of hydrazone groups is 1. The van der Waals surface area contributed by atoms with Crippen molar-refractivity contribution in [3.8, 4) is 0 Å². The smallest absolute Gasteiger partial charge is 0.175 e. The summed E-state index contributed by atoms with van der Waals surface area (Å²) in [5, 5.41) is 4.18. The van der Waals surface area contributed by atoms with E-state index in [1.54, 1.807) is 43.3 Å². The quantitative estimate of drug-likeness (QED) is 0.697. The van der Waals surface area contributed by atoms with Crippen LogP contribution in [0.4, 0.5) is 10.1 Å². The van der Waals surface area contributed by atoms with Gasteiger partial charge in [0.2, 0.25) is 0 Å². The molecule has 0 saturated heterocycles. The van der Waals surface area contributed by atoms with Gasteiger partial charge in [-0.2, -0.15) is 5.10 Å². The molecular formula is C15H15FN2O2S. The second-order valence-corrected chi connectivity index (χ2v) is 6.63. The number of nitrogens with zero attached hydrogens (tertiary/aromatic N) is 1. The average Bonchev–Trinajstić information content (AvgIpc) is 2.45. The van der Waals surface area contributed by atoms with E-state index in [-0.39, 0.29) is 10.7 Å². The normalized spacial score (nSPS) is 12.2. The maximum atomic E-state index is 12.8. The first-order valence-electron chi connectivity index (χ1n) is 6.22. The minimum atomic E-state index is -3.20. The van der Waals surface area contributed by atoms with Gasteiger partial charge in [0.25, 0.3) is 0 Å². The van der Waals surface area contributed by atoms with Gasteiger partial charge in [-0.05, 0) is 48.9 Å². The van der Waals surface area contributed by atoms with Gasteiger partial charge in [-0.25, -0.2) is 12.8 Å². The van der Waals surface area contributed by atoms with E-state index in [0.29, 0.717) is 11.4 Å². The van der Waals surface area contributed by atoms with E-state index < -0.39 is 9.84 Å². The zero-order chi connectivity index (χ0) is 15.5. The zero-order valence-corrected chi connectivity index (χ0v) is 12.5. The minimum absolute atomic E-state index is 0.269. The average molecular weight is 306 g/mol. The molecule has 0 saturated carbocycles. The fraction of sp³-hybridized carbons (Fsp3) is 0.133. The third-order valence-corrected chi connectivity index (χ3v) is 4.03. The molecule has 0 amide bonds. The topological polar surface area (TPSA) is 58.5 Å². The number of nitrogens with one attached hydrogen (secondary N) is 1. The SMILES string of the molecule is C/C(=N/Nc1ccc(F)cc1)c1ccc(S(C)(=O)=O)cc1. The van der Waals surface area contributed by atoms with Crippen LogP contribution in [-0.4, -0.2) is 20.4 Å². The Balaban J connectivity index is 2.14. The van der Waals surface area contributed by atoms with Crippen LogP contribution >= 0.6 is 0 Å². The van der Waals surface area contributed by atoms with E-state index in [9.17, 15) is 12.8 Å². The van der Waals surface area contributed by atoms with Gasteiger partial charge in [0, 0.05) is 6.26 Å². The first-order valence-corrected chi connectivity index (χ1v) is 8.12. The number of halogens is 1. The van der Waals surface area contributed by atoms with Crippen molar-refractivity contribution in [3.63, 3.8) is 0 Å². The molecule has 0 radical (unpaired) electrons. The molecule has 0 aliphatic carbocycles. The molecule has 0 aliphatic heterocycles. The second-order valence-electron chi connectivity index (χ2n) is 4.61. The summed E-state index contributed by atoms with van der Waals surface area (Å²) in [5.41, 5.74) is 4.98. The molecule has 110 valence electrons. The van der Waals surface area contributed by atoms with Gasteiger partial charge in [0.05, 0.1) is 16.3 Å². The van der Waals surface area contributed by atoms with E-state index in [1.807, 2.05) is 0 Å². The lowest BCUT2D eigenvalue weighted by molar-refractivity contribution is 0.602. The summed E-state index contributed by atoms with van der Waals surface area (Å²) in [6.45, 7) is 1.80. The first kappa shape index (κ1) is 15.2. The molecule has 0 fully saturated rings. The van der Waals surface area contributed by atoms with Crippen molar-refractivity contribution in [2.75, 3.05) is 11.7 Å². The molecule has 0 aliphatic rings. The van der Waals surface area contributed by atoms with Crippen molar-refractivity contribution < 1.29 is 12.8 Å². The van der Waals surface area contributed by atoms with Gasteiger partial charge in [-0.3, -0.25) is 5.43 Å². The Labute approximate surface area is 123 Å². The number of hydrogen-bond donors (Lipinski definition) is 1. The third kappa shape index (κ3) is 4.13. The molecule has 6 heteroatoms. The van der Waals surface area contributed by atoms with Gasteiger partial charge in [0.15, 0.2) is 9.84 Å². The van der Waals surface area contributed by atoms with E-state index in [4.69, 9.17) is 0 Å². The summed E-state index contributed by atoms with van der Waals surface area (Å²) < 4.78 is 35.5. The van der Waals surface area contributed by atoms with Crippen molar-refractivity contribution in [1.82, 2.24) is 0 Å². The highest BCUT2D eigenvalue weighted by atomic mass is 32.2. The van der Waals surface area contributed by atoms with Gasteiger partial charge >= 0.3 is 0 Å². The van der Waals surface area contributed by atoms with Gasteiger partial charge in [-0.15, -0.1) is 0 Å². The highest BCUT2D eigenvalue weighted by Gasteiger charge is 2.06. The van der Waals surface area contributed by atoms with Crippen LogP contribution in [0.25, 0.3) is 0 Å². The molecule has 0 bridgehead atoms. The molecule has 0 unspecified atom stereocenters. The van der Waals surface area contributed by atoms with Gasteiger partial charge < -0.3 is 0 Å². The fourth-order valence-electron chi connectivity index (χ4n) is 1.68. The Hall–Kier alpha value is -2.21. The molecule has 0 atom stereocenters. The molecule has 21 heavy (non-hydrogen) atoms. The predicted molar refractivity (Wildman–Crippen MR) is 81.8 cm³/mol. The molecule has 0 spiro atoms. The molecule has 1 N–H and O–H groups in total. The Morgan fingerprint density at radius 2 is 1.62 bits per heavy atom. The second kappa shape index (κ2) is 6.05. The van der Waals surface area contributed by atoms with E-state index in [1.165, 1.54) is 18.4 Å². The molecule has 0 heterocycles. The predicted octanol–water partition coefficient (Wildman–Crippen LogP) is 3.07. The fourth-order valence-corrected chi connectivity index (χ4v) is 2.31. The number of benzene rings is 2. The maximum Gasteiger partial charge on any atom is 0.175 e. The summed E-state index contributed by atoms with van der Waals surface area (Å²) in [6, 6.07) is 12.3. The summed E-state index contributed by atoms with van der Waals surface area (Å²) in [7, 11) is -3.20. The van der Waals surface area contributed by atoms with Crippen LogP contribution in [0.15, 0.2) is 58.5 Å². The lowest BCUT2D eigenvalue weighted by Crippen LogP contribution is -2.01. The van der Waals surface area contributed by atoms with E-state index in [2.05, 4.69) is 10.5 Å². The van der Waals surface area contributed by atoms with Crippen LogP contribution in [0.3, 0.4) is 0 Å². The highest BCUT2D eigenvalue weighted by Crippen LogP contribution is 2.12. The highest BCUT2D eigenvalue weighted by molar-refractivity contribution is 7.90. The van der Waals surface area contributed by atoms with Gasteiger partial charge in [0.1, 0.15) is 5.82 Å². The first-order chi connectivity index (χ1) is 9.86. The largest absolute Gasteiger partial charge is 0.278 e. The molecule has 0 aromatic heterocycles. The van der Waals surface area contributed by atoms with E-state index >= 15 is 0 Å². The summed E-state index contributed by atoms with van der Waals surface area (Å²) in [4.78, 5) is 0.269. The summed E-state index contributed by atoms with van der Waals surface area (Å²) >= 11 is 0. The third-order valence-electron chi connectivity index (χ3n) is 2.90. The van der Waals surface area contributed by atoms with Crippen LogP contribution < -0.4 is 5.43 Å². The number of anilines is 1. The Bertz CT molecular complexity index is 751. The Morgan fingerprint density at radius 3 is 2.14 bits per heavy atom. The number of sulfone groups is 1. The van der Waals surface area contributed by atoms with Crippen LogP contribution in [-0.2, 0) is 9.84 Å². The van der Waals surface area contributed by atoms with E-state index in [0.717, 1.165) is 5.56 Å². The monoisotopic (exact) mass is 306 g/mol. The van der Waals surface area contributed by atoms with Crippen molar-refractivity contribution >= 4 is 21.2 Å². The molecule has 2 aromatic rings. The standard InChI is InChI=1S/C15H15FN2O2S/c1-11(17-18-14-7-5-13(16)6-8-14)12-3-9-15(10-4-12)21(2,19)20/h3-10,18H,1-2H3/b17-11-. The van der Waals surface area contributed by atoms with Gasteiger partial charge in [-0.1, -0.05) is 12.1 Å². The number of rotatable bonds is 4. The Morgan fingerprint density at radius 1 is 1.05 bits per heavy atom. The molecule has 2 aromatic carbocycles. The van der Waals surface area contributed by atoms with Crippen molar-refractivity contribution in [1.29, 1.82) is 0 Å². The molecule has 2 rings (SSSR count). The van der Waals surface area contributed by atoms with Crippen LogP contribution in [0.1, 0.15) is 12.5 Å². The van der Waals surface area contributed by atoms with Crippen LogP contribution in [0.5, 0.6) is 0 Å². The minimum Gasteiger partial charge on any atom is -0.278 e. The lowest BCUT2D eigenvalue weighted by atomic mass is 10.1. The number of hydrogen-bond acceptors (Lipinski definition) is 4. The maximum absolute atomic E-state index is 12.8. The summed E-state index contributed by atoms with van der Waals surface area (Å²) in [5.74, 6) is -0.308. The van der Waals surface area contributed by atoms with Crippen molar-refractivity contribution in [2.24, 2.45) is 5.10 Å². The van der Waals surface area contributed by atoms with Crippen LogP contribution in [0, 0.1) is 5.82 Å². The summed E-state index contributed by atoms with van der Waals surface area (Å²) in [6.07, 6.45) is 1.17. The molecule has 4 nitrogen and oxygen atoms in total. The zero-order valence-electron chi connectivity index (χ0n) is 11.7. The van der Waals surface area contributed by atoms with Crippen molar-refractivity contribution in [3.05, 3.63) is 59.9 Å². The Kier molecular flexibility index (Phi) is 4.37. The molecular weight excluding hydrogens is 291 g/mol. The van der Waals surface area contributed by atoms with Crippen LogP contribution in [0.2, 0.25) is 0 Å². The van der Waals surface area contributed by atoms with Crippen molar-refractivity contribution in [2.45, 2.75) is 11.8 Å².